The lowest BCUT2D eigenvalue weighted by atomic mass is 10.2. The molecule has 0 aliphatic heterocycles. The number of hydrogen-bond acceptors (Lipinski definition) is 7. The van der Waals surface area contributed by atoms with E-state index in [0.717, 1.165) is 25.5 Å². The van der Waals surface area contributed by atoms with E-state index in [-0.39, 0.29) is 11.7 Å². The van der Waals surface area contributed by atoms with Gasteiger partial charge < -0.3 is 0 Å². The lowest BCUT2D eigenvalue weighted by Crippen LogP contribution is -2.19. The number of aromatic nitrogens is 4. The molecule has 10 heteroatoms. The number of pyridine rings is 1. The number of thioether (sulfide) groups is 1. The number of benzene rings is 1. The number of carbonyl (C=O) groups is 1. The second-order valence-electron chi connectivity index (χ2n) is 6.44. The largest absolute Gasteiger partial charge is 0.272 e. The van der Waals surface area contributed by atoms with Gasteiger partial charge in [-0.15, -0.1) is 21.5 Å². The van der Waals surface area contributed by atoms with E-state index >= 15 is 0 Å². The van der Waals surface area contributed by atoms with Crippen molar-refractivity contribution in [2.75, 3.05) is 5.75 Å². The molecule has 0 spiro atoms. The van der Waals surface area contributed by atoms with Crippen LogP contribution in [0.4, 0.5) is 0 Å². The molecule has 7 nitrogen and oxygen atoms in total. The van der Waals surface area contributed by atoms with Gasteiger partial charge in [0.05, 0.1) is 15.8 Å². The molecule has 0 aliphatic carbocycles. The molecule has 0 bridgehead atoms. The van der Waals surface area contributed by atoms with Crippen molar-refractivity contribution in [1.29, 1.82) is 0 Å². The normalized spacial score (nSPS) is 11.2. The van der Waals surface area contributed by atoms with E-state index in [4.69, 9.17) is 0 Å². The molecule has 1 amide bonds. The fourth-order valence-electron chi connectivity index (χ4n) is 2.71. The average molecular weight is 513 g/mol. The van der Waals surface area contributed by atoms with E-state index in [1.54, 1.807) is 18.6 Å². The summed E-state index contributed by atoms with van der Waals surface area (Å²) < 4.78 is 2.95. The minimum Gasteiger partial charge on any atom is -0.272 e. The maximum Gasteiger partial charge on any atom is 0.250 e. The van der Waals surface area contributed by atoms with E-state index in [9.17, 15) is 4.79 Å². The molecule has 0 unspecified atom stereocenters. The summed E-state index contributed by atoms with van der Waals surface area (Å²) in [5, 5.41) is 13.3. The van der Waals surface area contributed by atoms with E-state index in [0.29, 0.717) is 11.0 Å². The van der Waals surface area contributed by atoms with Crippen LogP contribution in [0.1, 0.15) is 10.4 Å². The summed E-state index contributed by atoms with van der Waals surface area (Å²) in [6.45, 7) is 2.04. The van der Waals surface area contributed by atoms with Crippen LogP contribution in [0.3, 0.4) is 0 Å². The molecule has 31 heavy (non-hydrogen) atoms. The zero-order valence-corrected chi connectivity index (χ0v) is 19.6. The fourth-order valence-corrected chi connectivity index (χ4v) is 4.75. The van der Waals surface area contributed by atoms with Crippen LogP contribution >= 0.6 is 39.0 Å². The molecule has 1 aromatic carbocycles. The predicted molar refractivity (Wildman–Crippen MR) is 128 cm³/mol. The first kappa shape index (κ1) is 21.4. The number of nitrogens with one attached hydrogen (secondary N) is 1. The maximum absolute atomic E-state index is 12.3. The molecule has 4 aromatic rings. The summed E-state index contributed by atoms with van der Waals surface area (Å²) in [4.78, 5) is 17.3. The highest BCUT2D eigenvalue weighted by Crippen LogP contribution is 2.27. The molecule has 0 aliphatic rings. The zero-order valence-electron chi connectivity index (χ0n) is 16.4. The quantitative estimate of drug-likeness (QED) is 0.220. The summed E-state index contributed by atoms with van der Waals surface area (Å²) >= 11 is 6.24. The first-order valence-electron chi connectivity index (χ1n) is 9.23. The van der Waals surface area contributed by atoms with Crippen molar-refractivity contribution in [3.8, 4) is 17.1 Å². The molecule has 0 saturated carbocycles. The van der Waals surface area contributed by atoms with Crippen LogP contribution in [0.25, 0.3) is 17.1 Å². The van der Waals surface area contributed by atoms with Gasteiger partial charge in [-0.2, -0.15) is 5.10 Å². The highest BCUT2D eigenvalue weighted by atomic mass is 79.9. The molecule has 0 fully saturated rings. The standard InChI is InChI=1S/C21H17BrN6OS2/c1-14-2-4-16(5-3-14)28-20(15-8-10-23-11-9-15)26-27-21(28)30-13-19(29)25-24-12-17-6-7-18(22)31-17/h2-12H,13H2,1H3,(H,25,29)/b24-12+. The summed E-state index contributed by atoms with van der Waals surface area (Å²) in [6, 6.07) is 15.7. The van der Waals surface area contributed by atoms with Gasteiger partial charge in [0.25, 0.3) is 5.91 Å². The number of carbonyl (C=O) groups excluding carboxylic acids is 1. The smallest absolute Gasteiger partial charge is 0.250 e. The average Bonchev–Trinajstić information content (AvgIpc) is 3.39. The molecule has 0 radical (unpaired) electrons. The summed E-state index contributed by atoms with van der Waals surface area (Å²) in [7, 11) is 0. The van der Waals surface area contributed by atoms with Gasteiger partial charge >= 0.3 is 0 Å². The van der Waals surface area contributed by atoms with E-state index in [2.05, 4.69) is 41.6 Å². The highest BCUT2D eigenvalue weighted by Gasteiger charge is 2.17. The Hall–Kier alpha value is -2.82. The van der Waals surface area contributed by atoms with Crippen molar-refractivity contribution < 1.29 is 4.79 Å². The van der Waals surface area contributed by atoms with Crippen molar-refractivity contribution in [2.24, 2.45) is 5.10 Å². The molecule has 4 rings (SSSR count). The minimum atomic E-state index is -0.221. The second-order valence-corrected chi connectivity index (χ2v) is 9.87. The Kier molecular flexibility index (Phi) is 6.90. The maximum atomic E-state index is 12.3. The van der Waals surface area contributed by atoms with Crippen LogP contribution in [-0.4, -0.2) is 37.6 Å². The van der Waals surface area contributed by atoms with Gasteiger partial charge in [0.2, 0.25) is 0 Å². The molecular formula is C21H17BrN6OS2. The molecule has 3 aromatic heterocycles. The Balaban J connectivity index is 1.51. The molecule has 1 N–H and O–H groups in total. The Morgan fingerprint density at radius 2 is 1.94 bits per heavy atom. The molecule has 0 atom stereocenters. The lowest BCUT2D eigenvalue weighted by molar-refractivity contribution is -0.118. The number of rotatable bonds is 7. The van der Waals surface area contributed by atoms with Gasteiger partial charge in [-0.1, -0.05) is 29.5 Å². The number of aryl methyl sites for hydroxylation is 1. The van der Waals surface area contributed by atoms with E-state index in [1.807, 2.05) is 60.0 Å². The van der Waals surface area contributed by atoms with Gasteiger partial charge in [0.15, 0.2) is 11.0 Å². The van der Waals surface area contributed by atoms with Crippen molar-refractivity contribution in [2.45, 2.75) is 12.1 Å². The van der Waals surface area contributed by atoms with Crippen LogP contribution in [0.15, 0.2) is 75.0 Å². The van der Waals surface area contributed by atoms with Crippen LogP contribution in [0, 0.1) is 6.92 Å². The van der Waals surface area contributed by atoms with Crippen LogP contribution in [-0.2, 0) is 4.79 Å². The van der Waals surface area contributed by atoms with E-state index < -0.39 is 0 Å². The summed E-state index contributed by atoms with van der Waals surface area (Å²) in [5.74, 6) is 0.627. The Labute approximate surface area is 195 Å². The van der Waals surface area contributed by atoms with E-state index in [1.165, 1.54) is 23.1 Å². The Morgan fingerprint density at radius 1 is 1.16 bits per heavy atom. The monoisotopic (exact) mass is 512 g/mol. The van der Waals surface area contributed by atoms with Gasteiger partial charge in [-0.25, -0.2) is 5.43 Å². The topological polar surface area (TPSA) is 85.1 Å². The van der Waals surface area contributed by atoms with Crippen LogP contribution < -0.4 is 5.43 Å². The van der Waals surface area contributed by atoms with Gasteiger partial charge in [-0.3, -0.25) is 14.3 Å². The van der Waals surface area contributed by atoms with Crippen molar-refractivity contribution in [1.82, 2.24) is 25.2 Å². The highest BCUT2D eigenvalue weighted by molar-refractivity contribution is 9.11. The SMILES string of the molecule is Cc1ccc(-n2c(SCC(=O)N/N=C/c3ccc(Br)s3)nnc2-c2ccncc2)cc1. The number of halogens is 1. The van der Waals surface area contributed by atoms with Gasteiger partial charge in [0, 0.05) is 28.5 Å². The zero-order chi connectivity index (χ0) is 21.6. The third-order valence-corrected chi connectivity index (χ3v) is 6.66. The first-order chi connectivity index (χ1) is 15.1. The number of thiophene rings is 1. The Bertz CT molecular complexity index is 1200. The minimum absolute atomic E-state index is 0.159. The third kappa shape index (κ3) is 5.46. The summed E-state index contributed by atoms with van der Waals surface area (Å²) in [5.41, 5.74) is 5.53. The third-order valence-electron chi connectivity index (χ3n) is 4.17. The second kappa shape index (κ2) is 9.99. The number of amides is 1. The van der Waals surface area contributed by atoms with Crippen molar-refractivity contribution >= 4 is 51.2 Å². The lowest BCUT2D eigenvalue weighted by Gasteiger charge is -2.10. The van der Waals surface area contributed by atoms with Crippen molar-refractivity contribution in [3.63, 3.8) is 0 Å². The fraction of sp³-hybridized carbons (Fsp3) is 0.0952. The molecule has 156 valence electrons. The predicted octanol–water partition coefficient (Wildman–Crippen LogP) is 4.70. The molecular weight excluding hydrogens is 496 g/mol. The number of nitrogens with zero attached hydrogens (tertiary/aromatic N) is 5. The molecule has 0 saturated heterocycles. The van der Waals surface area contributed by atoms with Crippen LogP contribution in [0.5, 0.6) is 0 Å². The number of hydrogen-bond donors (Lipinski definition) is 1. The van der Waals surface area contributed by atoms with Crippen LogP contribution in [0.2, 0.25) is 0 Å². The molecule has 3 heterocycles. The van der Waals surface area contributed by atoms with Gasteiger partial charge in [-0.05, 0) is 59.3 Å². The van der Waals surface area contributed by atoms with Crippen molar-refractivity contribution in [3.05, 3.63) is 75.2 Å². The summed E-state index contributed by atoms with van der Waals surface area (Å²) in [6.07, 6.45) is 5.05. The Morgan fingerprint density at radius 3 is 2.65 bits per heavy atom. The van der Waals surface area contributed by atoms with Gasteiger partial charge in [0.1, 0.15) is 0 Å². The first-order valence-corrected chi connectivity index (χ1v) is 11.8. The number of hydrazone groups is 1.